The Hall–Kier alpha value is -1.97. The molecule has 0 saturated carbocycles. The highest BCUT2D eigenvalue weighted by molar-refractivity contribution is 7.86. The molecule has 8 nitrogen and oxygen atoms in total. The molecular weight excluding hydrogens is 380 g/mol. The van der Waals surface area contributed by atoms with Crippen molar-refractivity contribution in [3.05, 3.63) is 35.9 Å². The summed E-state index contributed by atoms with van der Waals surface area (Å²) in [5.74, 6) is -0.391. The molecule has 2 amide bonds. The van der Waals surface area contributed by atoms with Crippen LogP contribution >= 0.6 is 0 Å². The lowest BCUT2D eigenvalue weighted by Gasteiger charge is -2.45. The van der Waals surface area contributed by atoms with Crippen molar-refractivity contribution in [3.63, 3.8) is 0 Å². The summed E-state index contributed by atoms with van der Waals surface area (Å²) in [5.41, 5.74) is 0.179. The molecule has 9 heteroatoms. The zero-order chi connectivity index (χ0) is 20.7. The monoisotopic (exact) mass is 408 g/mol. The average Bonchev–Trinajstić information content (AvgIpc) is 2.95. The van der Waals surface area contributed by atoms with E-state index >= 15 is 0 Å². The number of carbonyl (C=O) groups is 2. The molecule has 154 valence electrons. The van der Waals surface area contributed by atoms with Crippen LogP contribution in [0.5, 0.6) is 0 Å². The molecule has 1 N–H and O–H groups in total. The van der Waals surface area contributed by atoms with E-state index in [0.717, 1.165) is 5.56 Å². The van der Waals surface area contributed by atoms with Crippen molar-refractivity contribution in [2.24, 2.45) is 5.92 Å². The smallest absolute Gasteiger partial charge is 0.281 e. The first-order valence-corrected chi connectivity index (χ1v) is 10.8. The summed E-state index contributed by atoms with van der Waals surface area (Å²) in [6, 6.07) is 9.54. The molecule has 0 bridgehead atoms. The van der Waals surface area contributed by atoms with E-state index in [1.807, 2.05) is 30.3 Å². The Balaban J connectivity index is 2.06. The van der Waals surface area contributed by atoms with Crippen molar-refractivity contribution in [2.75, 3.05) is 33.7 Å². The Labute approximate surface area is 166 Å². The maximum Gasteiger partial charge on any atom is 0.281 e. The van der Waals surface area contributed by atoms with Crippen molar-refractivity contribution in [2.45, 2.75) is 31.8 Å². The van der Waals surface area contributed by atoms with Crippen molar-refractivity contribution in [1.29, 1.82) is 0 Å². The normalized spacial score (nSPS) is 28.2. The Morgan fingerprint density at radius 3 is 2.32 bits per heavy atom. The summed E-state index contributed by atoms with van der Waals surface area (Å²) in [4.78, 5) is 26.3. The van der Waals surface area contributed by atoms with Crippen molar-refractivity contribution < 1.29 is 18.0 Å². The quantitative estimate of drug-likeness (QED) is 0.790. The van der Waals surface area contributed by atoms with Gasteiger partial charge in [0, 0.05) is 53.5 Å². The van der Waals surface area contributed by atoms with Crippen molar-refractivity contribution in [3.8, 4) is 0 Å². The van der Waals surface area contributed by atoms with Gasteiger partial charge in [-0.3, -0.25) is 9.59 Å². The number of likely N-dealkylation sites (tertiary alicyclic amines) is 1. The second-order valence-electron chi connectivity index (χ2n) is 7.86. The molecule has 2 heterocycles. The molecule has 0 unspecified atom stereocenters. The van der Waals surface area contributed by atoms with Gasteiger partial charge < -0.3 is 10.2 Å². The van der Waals surface area contributed by atoms with Crippen LogP contribution in [0.25, 0.3) is 0 Å². The van der Waals surface area contributed by atoms with E-state index in [4.69, 9.17) is 0 Å². The predicted molar refractivity (Wildman–Crippen MR) is 105 cm³/mol. The summed E-state index contributed by atoms with van der Waals surface area (Å²) in [6.07, 6.45) is 0.552. The third-order valence-corrected chi connectivity index (χ3v) is 7.67. The van der Waals surface area contributed by atoms with E-state index in [9.17, 15) is 18.0 Å². The van der Waals surface area contributed by atoms with E-state index in [1.165, 1.54) is 36.6 Å². The highest BCUT2D eigenvalue weighted by Crippen LogP contribution is 2.48. The molecule has 1 aromatic carbocycles. The lowest BCUT2D eigenvalue weighted by molar-refractivity contribution is -0.130. The van der Waals surface area contributed by atoms with Crippen molar-refractivity contribution >= 4 is 22.0 Å². The van der Waals surface area contributed by atoms with Crippen LogP contribution in [0.15, 0.2) is 30.3 Å². The van der Waals surface area contributed by atoms with Crippen LogP contribution < -0.4 is 5.32 Å². The zero-order valence-electron chi connectivity index (χ0n) is 16.8. The largest absolute Gasteiger partial charge is 0.347 e. The fourth-order valence-electron chi connectivity index (χ4n) is 4.64. The van der Waals surface area contributed by atoms with E-state index in [-0.39, 0.29) is 36.9 Å². The molecule has 2 aliphatic rings. The molecule has 0 aliphatic carbocycles. The molecule has 2 saturated heterocycles. The van der Waals surface area contributed by atoms with Crippen LogP contribution in [-0.4, -0.2) is 73.0 Å². The van der Waals surface area contributed by atoms with Crippen LogP contribution in [0.1, 0.15) is 31.9 Å². The average molecular weight is 409 g/mol. The van der Waals surface area contributed by atoms with Gasteiger partial charge in [0.2, 0.25) is 11.8 Å². The summed E-state index contributed by atoms with van der Waals surface area (Å²) in [5, 5.41) is 3.03. The van der Waals surface area contributed by atoms with Gasteiger partial charge in [-0.15, -0.1) is 0 Å². The van der Waals surface area contributed by atoms with Crippen LogP contribution in [0.3, 0.4) is 0 Å². The lowest BCUT2D eigenvalue weighted by Crippen LogP contribution is -2.65. The van der Waals surface area contributed by atoms with Crippen LogP contribution in [0.2, 0.25) is 0 Å². The number of hydrogen-bond acceptors (Lipinski definition) is 4. The molecule has 2 fully saturated rings. The zero-order valence-corrected chi connectivity index (χ0v) is 17.6. The fourth-order valence-corrected chi connectivity index (χ4v) is 5.83. The lowest BCUT2D eigenvalue weighted by atomic mass is 9.76. The standard InChI is InChI=1S/C19H28N4O4S/c1-14(24)20-19-12-22(28(26,27)21(3)4)11-10-17(19)18(23(13-19)15(2)25)16-8-6-5-7-9-16/h5-9,17-18H,10-13H2,1-4H3,(H,20,24)/t17-,18-,19-/m1/s1. The van der Waals surface area contributed by atoms with Gasteiger partial charge in [-0.1, -0.05) is 30.3 Å². The predicted octanol–water partition coefficient (Wildman–Crippen LogP) is 0.593. The summed E-state index contributed by atoms with van der Waals surface area (Å²) in [6.45, 7) is 3.72. The number of amides is 2. The molecule has 3 atom stereocenters. The van der Waals surface area contributed by atoms with E-state index in [2.05, 4.69) is 5.32 Å². The minimum atomic E-state index is -3.62. The fraction of sp³-hybridized carbons (Fsp3) is 0.579. The highest BCUT2D eigenvalue weighted by Gasteiger charge is 2.58. The number of hydrogen-bond donors (Lipinski definition) is 1. The third-order valence-electron chi connectivity index (χ3n) is 5.79. The molecule has 2 aliphatic heterocycles. The number of carbonyl (C=O) groups excluding carboxylic acids is 2. The maximum absolute atomic E-state index is 12.7. The Bertz CT molecular complexity index is 858. The second kappa shape index (κ2) is 7.46. The molecule has 0 spiro atoms. The van der Waals surface area contributed by atoms with Gasteiger partial charge in [0.25, 0.3) is 10.2 Å². The molecule has 0 radical (unpaired) electrons. The summed E-state index contributed by atoms with van der Waals surface area (Å²) in [7, 11) is -0.629. The third kappa shape index (κ3) is 3.54. The second-order valence-corrected chi connectivity index (χ2v) is 10.0. The molecular formula is C19H28N4O4S. The SMILES string of the molecule is CC(=O)N[C@]12CN(C(C)=O)[C@H](c3ccccc3)[C@H]1CCN(S(=O)(=O)N(C)C)C2. The van der Waals surface area contributed by atoms with Gasteiger partial charge in [0.05, 0.1) is 11.6 Å². The molecule has 0 aromatic heterocycles. The summed E-state index contributed by atoms with van der Waals surface area (Å²) >= 11 is 0. The topological polar surface area (TPSA) is 90.0 Å². The Kier molecular flexibility index (Phi) is 5.53. The number of rotatable bonds is 4. The van der Waals surface area contributed by atoms with Crippen LogP contribution in [0, 0.1) is 5.92 Å². The first-order chi connectivity index (χ1) is 13.1. The number of fused-ring (bicyclic) bond motifs is 1. The number of piperidine rings is 1. The minimum Gasteiger partial charge on any atom is -0.347 e. The summed E-state index contributed by atoms with van der Waals surface area (Å²) < 4.78 is 28.0. The molecule has 3 rings (SSSR count). The number of nitrogens with one attached hydrogen (secondary N) is 1. The molecule has 28 heavy (non-hydrogen) atoms. The highest BCUT2D eigenvalue weighted by atomic mass is 32.2. The van der Waals surface area contributed by atoms with Gasteiger partial charge in [0.15, 0.2) is 0 Å². The Morgan fingerprint density at radius 1 is 1.14 bits per heavy atom. The van der Waals surface area contributed by atoms with E-state index < -0.39 is 15.7 Å². The first kappa shape index (κ1) is 20.8. The van der Waals surface area contributed by atoms with Crippen molar-refractivity contribution in [1.82, 2.24) is 18.8 Å². The van der Waals surface area contributed by atoms with Gasteiger partial charge in [0.1, 0.15) is 0 Å². The first-order valence-electron chi connectivity index (χ1n) is 9.37. The van der Waals surface area contributed by atoms with Gasteiger partial charge >= 0.3 is 0 Å². The van der Waals surface area contributed by atoms with Gasteiger partial charge in [-0.05, 0) is 12.0 Å². The Morgan fingerprint density at radius 2 is 1.79 bits per heavy atom. The van der Waals surface area contributed by atoms with Gasteiger partial charge in [-0.2, -0.15) is 17.0 Å². The molecule has 1 aromatic rings. The van der Waals surface area contributed by atoms with E-state index in [0.29, 0.717) is 13.0 Å². The maximum atomic E-state index is 12.7. The number of nitrogens with zero attached hydrogens (tertiary/aromatic N) is 3. The van der Waals surface area contributed by atoms with Crippen LogP contribution in [-0.2, 0) is 19.8 Å². The van der Waals surface area contributed by atoms with Gasteiger partial charge in [-0.25, -0.2) is 0 Å². The van der Waals surface area contributed by atoms with Crippen LogP contribution in [0.4, 0.5) is 0 Å². The minimum absolute atomic E-state index is 0.0729. The number of benzene rings is 1. The van der Waals surface area contributed by atoms with E-state index in [1.54, 1.807) is 4.90 Å².